The summed E-state index contributed by atoms with van der Waals surface area (Å²) in [6, 6.07) is 8.46. The van der Waals surface area contributed by atoms with Gasteiger partial charge in [0.05, 0.1) is 10.1 Å². The Labute approximate surface area is 159 Å². The van der Waals surface area contributed by atoms with Crippen molar-refractivity contribution in [3.05, 3.63) is 35.4 Å². The Bertz CT molecular complexity index is 440. The van der Waals surface area contributed by atoms with Gasteiger partial charge in [0.25, 0.3) is 0 Å². The average Bonchev–Trinajstić information content (AvgIpc) is 2.32. The Morgan fingerprint density at radius 2 is 1.42 bits per heavy atom. The van der Waals surface area contributed by atoms with Gasteiger partial charge in [-0.25, -0.2) is 8.42 Å². The maximum atomic E-state index is 10.4. The second-order valence-electron chi connectivity index (χ2n) is 4.64. The zero-order chi connectivity index (χ0) is 13.4. The van der Waals surface area contributed by atoms with Crippen molar-refractivity contribution in [2.24, 2.45) is 0 Å². The Balaban J connectivity index is 0.00000324. The third-order valence-corrected chi connectivity index (χ3v) is 3.74. The maximum absolute atomic E-state index is 10.4. The topological polar surface area (TPSA) is 57.2 Å². The molecule has 1 aromatic rings. The molecule has 0 amide bonds. The van der Waals surface area contributed by atoms with Crippen molar-refractivity contribution < 1.29 is 64.4 Å². The van der Waals surface area contributed by atoms with Gasteiger partial charge < -0.3 is 4.55 Å². The number of benzene rings is 1. The van der Waals surface area contributed by atoms with Crippen LogP contribution in [0.5, 0.6) is 0 Å². The fraction of sp³-hybridized carbons (Fsp3) is 0.571. The van der Waals surface area contributed by atoms with Crippen molar-refractivity contribution in [3.8, 4) is 0 Å². The van der Waals surface area contributed by atoms with E-state index in [-0.39, 0.29) is 57.1 Å². The van der Waals surface area contributed by atoms with Crippen molar-refractivity contribution in [1.82, 2.24) is 0 Å². The molecule has 0 spiro atoms. The monoisotopic (exact) mass is 308 g/mol. The first-order valence-corrected chi connectivity index (χ1v) is 8.10. The van der Waals surface area contributed by atoms with Crippen LogP contribution in [0.25, 0.3) is 0 Å². The standard InChI is InChI=1S/C14H22O3S.K/c1-2-3-6-13-8-10-14(11-9-13)7-4-5-12-18(15,16)17;/h8-11H,2-7,12H2,1H3,(H,15,16,17);/q;+1/p-1. The second kappa shape index (κ2) is 10.5. The van der Waals surface area contributed by atoms with Crippen LogP contribution < -0.4 is 51.4 Å². The van der Waals surface area contributed by atoms with Gasteiger partial charge in [-0.2, -0.15) is 0 Å². The van der Waals surface area contributed by atoms with E-state index in [9.17, 15) is 13.0 Å². The second-order valence-corrected chi connectivity index (χ2v) is 6.16. The first-order valence-electron chi connectivity index (χ1n) is 6.52. The number of hydrogen-bond acceptors (Lipinski definition) is 3. The van der Waals surface area contributed by atoms with E-state index in [1.165, 1.54) is 24.0 Å². The smallest absolute Gasteiger partial charge is 0.748 e. The fourth-order valence-electron chi connectivity index (χ4n) is 1.86. The van der Waals surface area contributed by atoms with E-state index in [0.29, 0.717) is 6.42 Å². The van der Waals surface area contributed by atoms with Gasteiger partial charge in [-0.15, -0.1) is 0 Å². The maximum Gasteiger partial charge on any atom is 1.00 e. The Kier molecular flexibility index (Phi) is 10.9. The molecule has 1 rings (SSSR count). The minimum atomic E-state index is -4.05. The van der Waals surface area contributed by atoms with Crippen LogP contribution in [0.2, 0.25) is 0 Å². The molecule has 0 atom stereocenters. The minimum Gasteiger partial charge on any atom is -0.748 e. The molecule has 0 bridgehead atoms. The van der Waals surface area contributed by atoms with E-state index in [0.717, 1.165) is 19.3 Å². The van der Waals surface area contributed by atoms with Crippen LogP contribution in [-0.4, -0.2) is 18.7 Å². The summed E-state index contributed by atoms with van der Waals surface area (Å²) >= 11 is 0. The molecule has 0 heterocycles. The molecule has 0 aliphatic carbocycles. The van der Waals surface area contributed by atoms with Crippen LogP contribution in [-0.2, 0) is 23.0 Å². The van der Waals surface area contributed by atoms with Crippen LogP contribution in [0.15, 0.2) is 24.3 Å². The molecule has 5 heteroatoms. The van der Waals surface area contributed by atoms with Gasteiger partial charge in [0.15, 0.2) is 0 Å². The summed E-state index contributed by atoms with van der Waals surface area (Å²) in [6.07, 6.45) is 5.56. The average molecular weight is 308 g/mol. The van der Waals surface area contributed by atoms with Crippen molar-refractivity contribution in [1.29, 1.82) is 0 Å². The van der Waals surface area contributed by atoms with E-state index in [1.54, 1.807) is 0 Å². The van der Waals surface area contributed by atoms with Crippen molar-refractivity contribution >= 4 is 10.1 Å². The molecule has 3 nitrogen and oxygen atoms in total. The molecule has 0 saturated carbocycles. The van der Waals surface area contributed by atoms with Gasteiger partial charge in [-0.1, -0.05) is 37.6 Å². The van der Waals surface area contributed by atoms with Gasteiger partial charge in [-0.05, 0) is 43.2 Å². The van der Waals surface area contributed by atoms with Gasteiger partial charge in [0, 0.05) is 5.75 Å². The molecule has 0 unspecified atom stereocenters. The van der Waals surface area contributed by atoms with E-state index in [2.05, 4.69) is 31.2 Å². The zero-order valence-corrected chi connectivity index (χ0v) is 15.8. The summed E-state index contributed by atoms with van der Waals surface area (Å²) in [6.45, 7) is 2.18. The third-order valence-electron chi connectivity index (χ3n) is 2.95. The number of hydrogen-bond donors (Lipinski definition) is 0. The number of unbranched alkanes of at least 4 members (excludes halogenated alkanes) is 2. The van der Waals surface area contributed by atoms with E-state index < -0.39 is 10.1 Å². The first kappa shape index (κ1) is 19.8. The first-order chi connectivity index (χ1) is 8.51. The molecule has 0 fully saturated rings. The Morgan fingerprint density at radius 3 is 1.84 bits per heavy atom. The molecule has 0 aliphatic rings. The third kappa shape index (κ3) is 10.2. The molecule has 0 aliphatic heterocycles. The van der Waals surface area contributed by atoms with Gasteiger partial charge in [0.1, 0.15) is 0 Å². The zero-order valence-electron chi connectivity index (χ0n) is 11.9. The number of rotatable bonds is 8. The van der Waals surface area contributed by atoms with Gasteiger partial charge in [0.2, 0.25) is 0 Å². The minimum absolute atomic E-state index is 0. The van der Waals surface area contributed by atoms with Crippen molar-refractivity contribution in [2.75, 3.05) is 5.75 Å². The van der Waals surface area contributed by atoms with Gasteiger partial charge >= 0.3 is 51.4 Å². The predicted molar refractivity (Wildman–Crippen MR) is 72.6 cm³/mol. The molecule has 0 saturated heterocycles. The van der Waals surface area contributed by atoms with Crippen LogP contribution in [0.1, 0.15) is 43.7 Å². The normalized spacial score (nSPS) is 11.1. The Hall–Kier alpha value is 0.766. The molecule has 0 aromatic heterocycles. The molecular weight excluding hydrogens is 287 g/mol. The summed E-state index contributed by atoms with van der Waals surface area (Å²) < 4.78 is 31.3. The van der Waals surface area contributed by atoms with E-state index in [1.807, 2.05) is 0 Å². The fourth-order valence-corrected chi connectivity index (χ4v) is 2.42. The van der Waals surface area contributed by atoms with E-state index >= 15 is 0 Å². The van der Waals surface area contributed by atoms with Gasteiger partial charge in [-0.3, -0.25) is 0 Å². The Morgan fingerprint density at radius 1 is 0.947 bits per heavy atom. The van der Waals surface area contributed by atoms with E-state index in [4.69, 9.17) is 0 Å². The summed E-state index contributed by atoms with van der Waals surface area (Å²) in [5, 5.41) is 0. The molecule has 0 N–H and O–H groups in total. The summed E-state index contributed by atoms with van der Waals surface area (Å²) in [7, 11) is -4.05. The number of aryl methyl sites for hydroxylation is 2. The molecular formula is C14H21KO3S. The van der Waals surface area contributed by atoms with Crippen LogP contribution in [0.4, 0.5) is 0 Å². The summed E-state index contributed by atoms with van der Waals surface area (Å²) in [4.78, 5) is 0. The van der Waals surface area contributed by atoms with Crippen LogP contribution in [0, 0.1) is 0 Å². The SMILES string of the molecule is CCCCc1ccc(CCCCS(=O)(=O)[O-])cc1.[K+]. The largest absolute Gasteiger partial charge is 1.00 e. The molecule has 19 heavy (non-hydrogen) atoms. The molecule has 0 radical (unpaired) electrons. The predicted octanol–water partition coefficient (Wildman–Crippen LogP) is -0.0989. The van der Waals surface area contributed by atoms with Crippen molar-refractivity contribution in [2.45, 2.75) is 45.4 Å². The quantitative estimate of drug-likeness (QED) is 0.383. The van der Waals surface area contributed by atoms with Crippen molar-refractivity contribution in [3.63, 3.8) is 0 Å². The molecule has 1 aromatic carbocycles. The van der Waals surface area contributed by atoms with Crippen LogP contribution in [0.3, 0.4) is 0 Å². The summed E-state index contributed by atoms with van der Waals surface area (Å²) in [5.41, 5.74) is 2.56. The molecule has 102 valence electrons. The summed E-state index contributed by atoms with van der Waals surface area (Å²) in [5.74, 6) is -0.248. The van der Waals surface area contributed by atoms with Crippen LogP contribution >= 0.6 is 0 Å².